The quantitative estimate of drug-likeness (QED) is 0.405. The first-order valence-electron chi connectivity index (χ1n) is 11.4. The molecule has 2 aromatic rings. The van der Waals surface area contributed by atoms with E-state index in [0.29, 0.717) is 13.2 Å². The topological polar surface area (TPSA) is 91.8 Å². The van der Waals surface area contributed by atoms with Gasteiger partial charge in [0.15, 0.2) is 0 Å². The van der Waals surface area contributed by atoms with E-state index in [1.807, 2.05) is 37.3 Å². The van der Waals surface area contributed by atoms with Crippen LogP contribution in [0.2, 0.25) is 0 Å². The van der Waals surface area contributed by atoms with Crippen molar-refractivity contribution in [3.63, 3.8) is 0 Å². The van der Waals surface area contributed by atoms with E-state index in [1.165, 1.54) is 19.3 Å². The SMILES string of the molecule is CCCCCCCNC(=O)N(C)c1ccnc(-c2ccc([C@H](CC(=O)O)OCC)cc2)c1. The van der Waals surface area contributed by atoms with Gasteiger partial charge in [0, 0.05) is 37.6 Å². The minimum absolute atomic E-state index is 0.0839. The van der Waals surface area contributed by atoms with Crippen LogP contribution in [0.4, 0.5) is 10.5 Å². The van der Waals surface area contributed by atoms with Gasteiger partial charge in [0.25, 0.3) is 0 Å². The smallest absolute Gasteiger partial charge is 0.321 e. The molecule has 0 aliphatic heterocycles. The van der Waals surface area contributed by atoms with Crippen molar-refractivity contribution in [1.82, 2.24) is 10.3 Å². The van der Waals surface area contributed by atoms with Gasteiger partial charge in [-0.1, -0.05) is 56.9 Å². The van der Waals surface area contributed by atoms with Crippen LogP contribution >= 0.6 is 0 Å². The van der Waals surface area contributed by atoms with Crippen molar-refractivity contribution >= 4 is 17.7 Å². The Bertz CT molecular complexity index is 855. The maximum atomic E-state index is 12.5. The fourth-order valence-corrected chi connectivity index (χ4v) is 3.45. The Morgan fingerprint density at radius 2 is 1.81 bits per heavy atom. The van der Waals surface area contributed by atoms with Gasteiger partial charge in [-0.2, -0.15) is 0 Å². The molecule has 1 aromatic carbocycles. The molecule has 0 radical (unpaired) electrons. The number of pyridine rings is 1. The first kappa shape index (κ1) is 25.3. The molecule has 174 valence electrons. The highest BCUT2D eigenvalue weighted by Crippen LogP contribution is 2.26. The second kappa shape index (κ2) is 13.5. The van der Waals surface area contributed by atoms with Gasteiger partial charge in [-0.3, -0.25) is 14.7 Å². The van der Waals surface area contributed by atoms with Crippen LogP contribution in [0.5, 0.6) is 0 Å². The van der Waals surface area contributed by atoms with Crippen molar-refractivity contribution < 1.29 is 19.4 Å². The number of aliphatic carboxylic acids is 1. The van der Waals surface area contributed by atoms with Crippen LogP contribution < -0.4 is 10.2 Å². The molecule has 1 heterocycles. The predicted octanol–water partition coefficient (Wildman–Crippen LogP) is 5.42. The number of nitrogens with zero attached hydrogens (tertiary/aromatic N) is 2. The maximum Gasteiger partial charge on any atom is 0.321 e. The number of nitrogens with one attached hydrogen (secondary N) is 1. The molecule has 1 atom stereocenters. The number of carboxylic acids is 1. The van der Waals surface area contributed by atoms with Gasteiger partial charge in [0.1, 0.15) is 0 Å². The van der Waals surface area contributed by atoms with E-state index in [2.05, 4.69) is 17.2 Å². The summed E-state index contributed by atoms with van der Waals surface area (Å²) in [5.74, 6) is -0.899. The summed E-state index contributed by atoms with van der Waals surface area (Å²) in [4.78, 5) is 29.6. The fourth-order valence-electron chi connectivity index (χ4n) is 3.45. The lowest BCUT2D eigenvalue weighted by atomic mass is 10.0. The van der Waals surface area contributed by atoms with Crippen LogP contribution in [0.1, 0.15) is 64.0 Å². The summed E-state index contributed by atoms with van der Waals surface area (Å²) in [6.07, 6.45) is 6.87. The number of unbranched alkanes of at least 4 members (excludes halogenated alkanes) is 4. The Balaban J connectivity index is 2.02. The van der Waals surface area contributed by atoms with E-state index in [1.54, 1.807) is 24.2 Å². The number of hydrogen-bond donors (Lipinski definition) is 2. The molecule has 32 heavy (non-hydrogen) atoms. The number of aromatic nitrogens is 1. The van der Waals surface area contributed by atoms with Crippen molar-refractivity contribution in [3.05, 3.63) is 48.2 Å². The molecule has 0 aliphatic rings. The molecule has 2 amide bonds. The van der Waals surface area contributed by atoms with Gasteiger partial charge in [-0.25, -0.2) is 4.79 Å². The number of amides is 2. The summed E-state index contributed by atoms with van der Waals surface area (Å²) in [6, 6.07) is 11.0. The number of hydrogen-bond acceptors (Lipinski definition) is 4. The van der Waals surface area contributed by atoms with E-state index in [9.17, 15) is 9.59 Å². The fraction of sp³-hybridized carbons (Fsp3) is 0.480. The molecule has 7 nitrogen and oxygen atoms in total. The molecular weight excluding hydrogens is 406 g/mol. The first-order chi connectivity index (χ1) is 15.5. The Labute approximate surface area is 190 Å². The summed E-state index contributed by atoms with van der Waals surface area (Å²) in [5.41, 5.74) is 3.18. The van der Waals surface area contributed by atoms with Gasteiger partial charge in [0.05, 0.1) is 18.2 Å². The standard InChI is InChI=1S/C25H35N3O4/c1-4-6-7-8-9-15-27-25(31)28(3)21-14-16-26-22(17-21)19-10-12-20(13-11-19)23(32-5-2)18-24(29)30/h10-14,16-17,23H,4-9,15,18H2,1-3H3,(H,27,31)(H,29,30)/t23-/m0/s1. The van der Waals surface area contributed by atoms with Crippen LogP contribution in [-0.4, -0.2) is 42.3 Å². The highest BCUT2D eigenvalue weighted by molar-refractivity contribution is 5.91. The third kappa shape index (κ3) is 7.96. The summed E-state index contributed by atoms with van der Waals surface area (Å²) in [6.45, 7) is 5.14. The number of rotatable bonds is 13. The third-order valence-electron chi connectivity index (χ3n) is 5.30. The summed E-state index contributed by atoms with van der Waals surface area (Å²) < 4.78 is 5.57. The Kier molecular flexibility index (Phi) is 10.7. The normalized spacial score (nSPS) is 11.7. The number of carbonyl (C=O) groups excluding carboxylic acids is 1. The Morgan fingerprint density at radius 1 is 1.09 bits per heavy atom. The average molecular weight is 442 g/mol. The van der Waals surface area contributed by atoms with Crippen molar-refractivity contribution in [2.24, 2.45) is 0 Å². The van der Waals surface area contributed by atoms with E-state index >= 15 is 0 Å². The molecule has 0 spiro atoms. The van der Waals surface area contributed by atoms with Crippen molar-refractivity contribution in [2.75, 3.05) is 25.1 Å². The zero-order chi connectivity index (χ0) is 23.3. The van der Waals surface area contributed by atoms with Crippen LogP contribution in [-0.2, 0) is 9.53 Å². The van der Waals surface area contributed by atoms with Crippen LogP contribution in [0.3, 0.4) is 0 Å². The van der Waals surface area contributed by atoms with Crippen molar-refractivity contribution in [3.8, 4) is 11.3 Å². The second-order valence-corrected chi connectivity index (χ2v) is 7.77. The number of urea groups is 1. The molecule has 0 saturated carbocycles. The minimum atomic E-state index is -0.899. The predicted molar refractivity (Wildman–Crippen MR) is 127 cm³/mol. The number of benzene rings is 1. The maximum absolute atomic E-state index is 12.5. The largest absolute Gasteiger partial charge is 0.481 e. The van der Waals surface area contributed by atoms with E-state index < -0.39 is 12.1 Å². The van der Waals surface area contributed by atoms with Crippen LogP contribution in [0.25, 0.3) is 11.3 Å². The first-order valence-corrected chi connectivity index (χ1v) is 11.4. The van der Waals surface area contributed by atoms with Gasteiger partial charge >= 0.3 is 12.0 Å². The van der Waals surface area contributed by atoms with Crippen LogP contribution in [0, 0.1) is 0 Å². The van der Waals surface area contributed by atoms with Crippen LogP contribution in [0.15, 0.2) is 42.6 Å². The molecule has 7 heteroatoms. The van der Waals surface area contributed by atoms with Crippen molar-refractivity contribution in [1.29, 1.82) is 0 Å². The van der Waals surface area contributed by atoms with Gasteiger partial charge in [-0.05, 0) is 31.0 Å². The summed E-state index contributed by atoms with van der Waals surface area (Å²) >= 11 is 0. The summed E-state index contributed by atoms with van der Waals surface area (Å²) in [7, 11) is 1.74. The number of carbonyl (C=O) groups is 2. The molecule has 0 unspecified atom stereocenters. The average Bonchev–Trinajstić information content (AvgIpc) is 2.80. The minimum Gasteiger partial charge on any atom is -0.481 e. The molecule has 0 aliphatic carbocycles. The highest BCUT2D eigenvalue weighted by atomic mass is 16.5. The third-order valence-corrected chi connectivity index (χ3v) is 5.30. The monoisotopic (exact) mass is 441 g/mol. The Morgan fingerprint density at radius 3 is 2.47 bits per heavy atom. The molecule has 0 saturated heterocycles. The zero-order valence-corrected chi connectivity index (χ0v) is 19.3. The lowest BCUT2D eigenvalue weighted by Gasteiger charge is -2.19. The van der Waals surface area contributed by atoms with Gasteiger partial charge in [-0.15, -0.1) is 0 Å². The number of ether oxygens (including phenoxy) is 1. The number of carboxylic acid groups (broad SMARTS) is 1. The van der Waals surface area contributed by atoms with E-state index in [0.717, 1.165) is 35.3 Å². The summed E-state index contributed by atoms with van der Waals surface area (Å²) in [5, 5.41) is 12.1. The molecule has 0 fully saturated rings. The van der Waals surface area contributed by atoms with Gasteiger partial charge in [0.2, 0.25) is 0 Å². The van der Waals surface area contributed by atoms with Crippen molar-refractivity contribution in [2.45, 2.75) is 58.5 Å². The molecule has 0 bridgehead atoms. The molecule has 2 rings (SSSR count). The van der Waals surface area contributed by atoms with Gasteiger partial charge < -0.3 is 15.2 Å². The Hall–Kier alpha value is -2.93. The second-order valence-electron chi connectivity index (χ2n) is 7.77. The molecule has 1 aromatic heterocycles. The highest BCUT2D eigenvalue weighted by Gasteiger charge is 2.16. The lowest BCUT2D eigenvalue weighted by molar-refractivity contribution is -0.140. The molecular formula is C25H35N3O4. The molecule has 2 N–H and O–H groups in total. The zero-order valence-electron chi connectivity index (χ0n) is 19.3. The number of anilines is 1. The van der Waals surface area contributed by atoms with E-state index in [-0.39, 0.29) is 12.5 Å². The van der Waals surface area contributed by atoms with E-state index in [4.69, 9.17) is 9.84 Å². The lowest BCUT2D eigenvalue weighted by Crippen LogP contribution is -2.37.